The van der Waals surface area contributed by atoms with Gasteiger partial charge in [-0.2, -0.15) is 0 Å². The first-order chi connectivity index (χ1) is 13.2. The van der Waals surface area contributed by atoms with Crippen LogP contribution in [0.5, 0.6) is 0 Å². The zero-order valence-electron chi connectivity index (χ0n) is 14.7. The van der Waals surface area contributed by atoms with Crippen molar-refractivity contribution in [3.05, 3.63) is 95.7 Å². The van der Waals surface area contributed by atoms with Gasteiger partial charge in [0.2, 0.25) is 0 Å². The summed E-state index contributed by atoms with van der Waals surface area (Å²) in [6, 6.07) is 16.2. The van der Waals surface area contributed by atoms with Crippen LogP contribution < -0.4 is 10.6 Å². The zero-order valence-corrected chi connectivity index (χ0v) is 14.7. The number of nitrogens with zero attached hydrogens (tertiary/aromatic N) is 1. The average Bonchev–Trinajstić information content (AvgIpc) is 3.22. The molecule has 6 heteroatoms. The molecule has 0 aliphatic heterocycles. The standard InChI is InChI=1S/C21H20N4O2/c26-20(17-5-2-1-3-6-17)25-19(15-18-7-4-11-23-18)21(27)24-14-10-16-8-12-22-13-9-16/h1-9,11-13,15,23H,10,14H2,(H,24,27)(H,25,26). The Labute approximate surface area is 157 Å². The Bertz CT molecular complexity index is 904. The summed E-state index contributed by atoms with van der Waals surface area (Å²) in [6.45, 7) is 0.451. The highest BCUT2D eigenvalue weighted by Gasteiger charge is 2.14. The predicted octanol–water partition coefficient (Wildman–Crippen LogP) is 2.54. The van der Waals surface area contributed by atoms with Crippen molar-refractivity contribution >= 4 is 17.9 Å². The predicted molar refractivity (Wildman–Crippen MR) is 104 cm³/mol. The lowest BCUT2D eigenvalue weighted by atomic mass is 10.2. The first kappa shape index (κ1) is 18.1. The highest BCUT2D eigenvalue weighted by atomic mass is 16.2. The van der Waals surface area contributed by atoms with Crippen LogP contribution in [-0.4, -0.2) is 28.3 Å². The Morgan fingerprint density at radius 2 is 1.78 bits per heavy atom. The second-order valence-electron chi connectivity index (χ2n) is 5.86. The molecule has 2 amide bonds. The summed E-state index contributed by atoms with van der Waals surface area (Å²) in [5, 5.41) is 5.54. The summed E-state index contributed by atoms with van der Waals surface area (Å²) in [4.78, 5) is 32.0. The van der Waals surface area contributed by atoms with Gasteiger partial charge in [-0.05, 0) is 54.5 Å². The van der Waals surface area contributed by atoms with Crippen molar-refractivity contribution in [3.8, 4) is 0 Å². The van der Waals surface area contributed by atoms with Crippen molar-refractivity contribution in [3.63, 3.8) is 0 Å². The number of nitrogens with one attached hydrogen (secondary N) is 3. The van der Waals surface area contributed by atoms with E-state index in [-0.39, 0.29) is 17.5 Å². The molecule has 136 valence electrons. The first-order valence-electron chi connectivity index (χ1n) is 8.61. The molecular weight excluding hydrogens is 340 g/mol. The van der Waals surface area contributed by atoms with E-state index in [1.807, 2.05) is 30.3 Å². The minimum atomic E-state index is -0.345. The van der Waals surface area contributed by atoms with Crippen LogP contribution in [0.4, 0.5) is 0 Å². The van der Waals surface area contributed by atoms with Crippen LogP contribution in [0.2, 0.25) is 0 Å². The van der Waals surface area contributed by atoms with Crippen LogP contribution in [-0.2, 0) is 11.2 Å². The molecule has 0 bridgehead atoms. The maximum atomic E-state index is 12.6. The van der Waals surface area contributed by atoms with Crippen LogP contribution in [0.15, 0.2) is 78.9 Å². The molecule has 3 N–H and O–H groups in total. The van der Waals surface area contributed by atoms with Gasteiger partial charge in [0.1, 0.15) is 5.70 Å². The fraction of sp³-hybridized carbons (Fsp3) is 0.0952. The monoisotopic (exact) mass is 360 g/mol. The smallest absolute Gasteiger partial charge is 0.267 e. The lowest BCUT2D eigenvalue weighted by Crippen LogP contribution is -2.35. The number of aromatic nitrogens is 2. The molecule has 0 fully saturated rings. The van der Waals surface area contributed by atoms with E-state index in [9.17, 15) is 9.59 Å². The van der Waals surface area contributed by atoms with Crippen LogP contribution in [0.3, 0.4) is 0 Å². The number of H-pyrrole nitrogens is 1. The molecule has 0 aliphatic rings. The average molecular weight is 360 g/mol. The van der Waals surface area contributed by atoms with Gasteiger partial charge in [-0.1, -0.05) is 18.2 Å². The molecule has 2 heterocycles. The Hall–Kier alpha value is -3.67. The van der Waals surface area contributed by atoms with E-state index >= 15 is 0 Å². The molecule has 2 aromatic heterocycles. The van der Waals surface area contributed by atoms with Crippen LogP contribution in [0, 0.1) is 0 Å². The SMILES string of the molecule is O=C(NCCc1ccncc1)C(=Cc1ccc[nH]1)NC(=O)c1ccccc1. The molecule has 0 atom stereocenters. The number of hydrogen-bond acceptors (Lipinski definition) is 3. The molecule has 3 rings (SSSR count). The summed E-state index contributed by atoms with van der Waals surface area (Å²) >= 11 is 0. The third-order valence-electron chi connectivity index (χ3n) is 3.90. The lowest BCUT2D eigenvalue weighted by molar-refractivity contribution is -0.117. The van der Waals surface area contributed by atoms with Crippen molar-refractivity contribution in [2.24, 2.45) is 0 Å². The van der Waals surface area contributed by atoms with Gasteiger partial charge in [0.05, 0.1) is 0 Å². The van der Waals surface area contributed by atoms with Crippen LogP contribution in [0.25, 0.3) is 6.08 Å². The van der Waals surface area contributed by atoms with Crippen molar-refractivity contribution in [2.45, 2.75) is 6.42 Å². The van der Waals surface area contributed by atoms with E-state index in [2.05, 4.69) is 20.6 Å². The molecule has 0 aliphatic carbocycles. The van der Waals surface area contributed by atoms with Gasteiger partial charge in [0, 0.05) is 36.4 Å². The fourth-order valence-electron chi connectivity index (χ4n) is 2.50. The zero-order chi connectivity index (χ0) is 18.9. The van der Waals surface area contributed by atoms with E-state index in [0.29, 0.717) is 18.5 Å². The number of hydrogen-bond donors (Lipinski definition) is 3. The largest absolute Gasteiger partial charge is 0.362 e. The van der Waals surface area contributed by atoms with E-state index in [1.165, 1.54) is 0 Å². The Balaban J connectivity index is 1.68. The molecule has 27 heavy (non-hydrogen) atoms. The van der Waals surface area contributed by atoms with Gasteiger partial charge in [0.15, 0.2) is 0 Å². The molecule has 0 saturated carbocycles. The molecule has 3 aromatic rings. The second kappa shape index (κ2) is 9.15. The van der Waals surface area contributed by atoms with Gasteiger partial charge in [0.25, 0.3) is 11.8 Å². The number of pyridine rings is 1. The lowest BCUT2D eigenvalue weighted by Gasteiger charge is -2.11. The first-order valence-corrected chi connectivity index (χ1v) is 8.61. The third-order valence-corrected chi connectivity index (χ3v) is 3.90. The molecule has 6 nitrogen and oxygen atoms in total. The van der Waals surface area contributed by atoms with Crippen molar-refractivity contribution in [1.29, 1.82) is 0 Å². The van der Waals surface area contributed by atoms with Crippen LogP contribution >= 0.6 is 0 Å². The Kier molecular flexibility index (Phi) is 6.14. The van der Waals surface area contributed by atoms with E-state index in [4.69, 9.17) is 0 Å². The van der Waals surface area contributed by atoms with Crippen molar-refractivity contribution < 1.29 is 9.59 Å². The maximum Gasteiger partial charge on any atom is 0.267 e. The number of benzene rings is 1. The van der Waals surface area contributed by atoms with Crippen LogP contribution in [0.1, 0.15) is 21.6 Å². The van der Waals surface area contributed by atoms with Gasteiger partial charge < -0.3 is 15.6 Å². The minimum absolute atomic E-state index is 0.182. The number of aromatic amines is 1. The van der Waals surface area contributed by atoms with Gasteiger partial charge >= 0.3 is 0 Å². The van der Waals surface area contributed by atoms with E-state index in [1.54, 1.807) is 48.9 Å². The topological polar surface area (TPSA) is 86.9 Å². The molecule has 0 spiro atoms. The number of amides is 2. The second-order valence-corrected chi connectivity index (χ2v) is 5.86. The fourth-order valence-corrected chi connectivity index (χ4v) is 2.50. The molecule has 1 aromatic carbocycles. The Morgan fingerprint density at radius 1 is 1.00 bits per heavy atom. The highest BCUT2D eigenvalue weighted by molar-refractivity contribution is 6.05. The minimum Gasteiger partial charge on any atom is -0.362 e. The highest BCUT2D eigenvalue weighted by Crippen LogP contribution is 2.06. The summed E-state index contributed by atoms with van der Waals surface area (Å²) in [7, 11) is 0. The molecular formula is C21H20N4O2. The van der Waals surface area contributed by atoms with E-state index in [0.717, 1.165) is 11.3 Å². The quantitative estimate of drug-likeness (QED) is 0.566. The molecule has 0 saturated heterocycles. The summed E-state index contributed by atoms with van der Waals surface area (Å²) < 4.78 is 0. The normalized spacial score (nSPS) is 11.0. The summed E-state index contributed by atoms with van der Waals surface area (Å²) in [5.74, 6) is -0.680. The van der Waals surface area contributed by atoms with Gasteiger partial charge in [-0.15, -0.1) is 0 Å². The Morgan fingerprint density at radius 3 is 2.48 bits per heavy atom. The number of carbonyl (C=O) groups is 2. The third kappa shape index (κ3) is 5.40. The number of rotatable bonds is 7. The molecule has 0 unspecified atom stereocenters. The van der Waals surface area contributed by atoms with Gasteiger partial charge in [-0.25, -0.2) is 0 Å². The van der Waals surface area contributed by atoms with E-state index < -0.39 is 0 Å². The maximum absolute atomic E-state index is 12.6. The van der Waals surface area contributed by atoms with Crippen molar-refractivity contribution in [1.82, 2.24) is 20.6 Å². The summed E-state index contributed by atoms with van der Waals surface area (Å²) in [5.41, 5.74) is 2.47. The van der Waals surface area contributed by atoms with Crippen molar-refractivity contribution in [2.75, 3.05) is 6.54 Å². The van der Waals surface area contributed by atoms with Gasteiger partial charge in [-0.3, -0.25) is 14.6 Å². The summed E-state index contributed by atoms with van der Waals surface area (Å²) in [6.07, 6.45) is 7.48. The number of carbonyl (C=O) groups excluding carboxylic acids is 2. The molecule has 0 radical (unpaired) electrons.